The van der Waals surface area contributed by atoms with Gasteiger partial charge in [-0.2, -0.15) is 0 Å². The molecule has 1 saturated heterocycles. The molecule has 1 spiro atoms. The van der Waals surface area contributed by atoms with E-state index < -0.39 is 0 Å². The van der Waals surface area contributed by atoms with Gasteiger partial charge in [-0.25, -0.2) is 0 Å². The highest BCUT2D eigenvalue weighted by molar-refractivity contribution is 4.98. The van der Waals surface area contributed by atoms with E-state index in [0.29, 0.717) is 12.1 Å². The summed E-state index contributed by atoms with van der Waals surface area (Å²) in [6, 6.07) is 0.381. The van der Waals surface area contributed by atoms with Gasteiger partial charge in [-0.1, -0.05) is 6.92 Å². The lowest BCUT2D eigenvalue weighted by Crippen LogP contribution is -2.61. The van der Waals surface area contributed by atoms with E-state index in [4.69, 9.17) is 9.47 Å². The average Bonchev–Trinajstić information content (AvgIpc) is 2.32. The van der Waals surface area contributed by atoms with Crippen molar-refractivity contribution in [1.82, 2.24) is 5.32 Å². The first-order chi connectivity index (χ1) is 8.12. The van der Waals surface area contributed by atoms with Gasteiger partial charge in [0.25, 0.3) is 0 Å². The van der Waals surface area contributed by atoms with E-state index in [1.807, 2.05) is 0 Å². The molecule has 2 rings (SSSR count). The van der Waals surface area contributed by atoms with Crippen LogP contribution in [0.3, 0.4) is 0 Å². The van der Waals surface area contributed by atoms with Crippen molar-refractivity contribution in [3.8, 4) is 0 Å². The zero-order valence-corrected chi connectivity index (χ0v) is 11.5. The van der Waals surface area contributed by atoms with Crippen LogP contribution in [-0.4, -0.2) is 37.5 Å². The number of hydrogen-bond donors (Lipinski definition) is 1. The van der Waals surface area contributed by atoms with Crippen molar-refractivity contribution in [2.45, 2.75) is 64.2 Å². The second-order valence-electron chi connectivity index (χ2n) is 5.98. The first-order valence-corrected chi connectivity index (χ1v) is 7.11. The van der Waals surface area contributed by atoms with E-state index in [9.17, 15) is 0 Å². The lowest BCUT2D eigenvalue weighted by molar-refractivity contribution is -0.140. The standard InChI is InChI=1S/C14H27NO2/c1-11(2)16-10-13-14(17-9-8-15-13)6-4-12(3)5-7-14/h11-13,15H,4-10H2,1-3H3. The number of morpholine rings is 1. The summed E-state index contributed by atoms with van der Waals surface area (Å²) in [6.45, 7) is 9.14. The molecule has 1 N–H and O–H groups in total. The van der Waals surface area contributed by atoms with Crippen LogP contribution in [0.1, 0.15) is 46.5 Å². The predicted octanol–water partition coefficient (Wildman–Crippen LogP) is 2.35. The van der Waals surface area contributed by atoms with Gasteiger partial charge in [0.2, 0.25) is 0 Å². The van der Waals surface area contributed by atoms with Gasteiger partial charge >= 0.3 is 0 Å². The van der Waals surface area contributed by atoms with Crippen LogP contribution in [0.15, 0.2) is 0 Å². The second kappa shape index (κ2) is 5.68. The number of hydrogen-bond acceptors (Lipinski definition) is 3. The quantitative estimate of drug-likeness (QED) is 0.822. The predicted molar refractivity (Wildman–Crippen MR) is 69.2 cm³/mol. The summed E-state index contributed by atoms with van der Waals surface area (Å²) < 4.78 is 12.0. The lowest BCUT2D eigenvalue weighted by atomic mass is 9.75. The SMILES string of the molecule is CC1CCC2(CC1)OCCNC2COC(C)C. The Labute approximate surface area is 105 Å². The maximum absolute atomic E-state index is 6.16. The molecule has 2 fully saturated rings. The first kappa shape index (κ1) is 13.3. The maximum Gasteiger partial charge on any atom is 0.0858 e. The van der Waals surface area contributed by atoms with Crippen LogP contribution in [0.5, 0.6) is 0 Å². The Kier molecular flexibility index (Phi) is 4.45. The molecule has 1 aliphatic carbocycles. The monoisotopic (exact) mass is 241 g/mol. The third-order valence-corrected chi connectivity index (χ3v) is 4.23. The molecule has 1 atom stereocenters. The molecule has 0 amide bonds. The van der Waals surface area contributed by atoms with Crippen molar-refractivity contribution < 1.29 is 9.47 Å². The van der Waals surface area contributed by atoms with Crippen LogP contribution in [0, 0.1) is 5.92 Å². The molecule has 0 bridgehead atoms. The Bertz CT molecular complexity index is 234. The molecule has 1 saturated carbocycles. The van der Waals surface area contributed by atoms with E-state index in [-0.39, 0.29) is 5.60 Å². The van der Waals surface area contributed by atoms with Gasteiger partial charge in [-0.15, -0.1) is 0 Å². The molecule has 100 valence electrons. The summed E-state index contributed by atoms with van der Waals surface area (Å²) in [5.74, 6) is 0.859. The van der Waals surface area contributed by atoms with Crippen molar-refractivity contribution in [1.29, 1.82) is 0 Å². The summed E-state index contributed by atoms with van der Waals surface area (Å²) in [7, 11) is 0. The van der Waals surface area contributed by atoms with Gasteiger partial charge in [-0.3, -0.25) is 0 Å². The van der Waals surface area contributed by atoms with Crippen molar-refractivity contribution >= 4 is 0 Å². The minimum atomic E-state index is 0.0552. The fourth-order valence-corrected chi connectivity index (χ4v) is 3.02. The minimum Gasteiger partial charge on any atom is -0.377 e. The van der Waals surface area contributed by atoms with Gasteiger partial charge in [-0.05, 0) is 45.4 Å². The van der Waals surface area contributed by atoms with Crippen molar-refractivity contribution in [3.63, 3.8) is 0 Å². The highest BCUT2D eigenvalue weighted by atomic mass is 16.5. The average molecular weight is 241 g/mol. The zero-order valence-electron chi connectivity index (χ0n) is 11.5. The fourth-order valence-electron chi connectivity index (χ4n) is 3.02. The van der Waals surface area contributed by atoms with Gasteiger partial charge in [0, 0.05) is 6.54 Å². The molecular formula is C14H27NO2. The molecule has 17 heavy (non-hydrogen) atoms. The molecule has 1 heterocycles. The van der Waals surface area contributed by atoms with Gasteiger partial charge in [0.05, 0.1) is 31.0 Å². The highest BCUT2D eigenvalue weighted by Crippen LogP contribution is 2.38. The molecular weight excluding hydrogens is 214 g/mol. The topological polar surface area (TPSA) is 30.5 Å². The molecule has 3 heteroatoms. The summed E-state index contributed by atoms with van der Waals surface area (Å²) in [5, 5.41) is 3.60. The van der Waals surface area contributed by atoms with Crippen LogP contribution in [-0.2, 0) is 9.47 Å². The van der Waals surface area contributed by atoms with Gasteiger partial charge in [0.15, 0.2) is 0 Å². The van der Waals surface area contributed by atoms with Crippen molar-refractivity contribution in [3.05, 3.63) is 0 Å². The molecule has 1 unspecified atom stereocenters. The minimum absolute atomic E-state index is 0.0552. The first-order valence-electron chi connectivity index (χ1n) is 7.11. The van der Waals surface area contributed by atoms with Gasteiger partial charge in [0.1, 0.15) is 0 Å². The Morgan fingerprint density at radius 1 is 1.35 bits per heavy atom. The molecule has 3 nitrogen and oxygen atoms in total. The molecule has 0 aromatic heterocycles. The Morgan fingerprint density at radius 3 is 2.71 bits per heavy atom. The Balaban J connectivity index is 1.96. The smallest absolute Gasteiger partial charge is 0.0858 e. The number of ether oxygens (including phenoxy) is 2. The summed E-state index contributed by atoms with van der Waals surface area (Å²) in [4.78, 5) is 0. The molecule has 1 aliphatic heterocycles. The van der Waals surface area contributed by atoms with E-state index >= 15 is 0 Å². The molecule has 0 radical (unpaired) electrons. The van der Waals surface area contributed by atoms with Crippen LogP contribution >= 0.6 is 0 Å². The molecule has 0 aromatic rings. The van der Waals surface area contributed by atoms with Crippen molar-refractivity contribution in [2.24, 2.45) is 5.92 Å². The maximum atomic E-state index is 6.16. The van der Waals surface area contributed by atoms with Crippen LogP contribution in [0.25, 0.3) is 0 Å². The summed E-state index contributed by atoms with van der Waals surface area (Å²) in [5.41, 5.74) is 0.0552. The lowest BCUT2D eigenvalue weighted by Gasteiger charge is -2.48. The Morgan fingerprint density at radius 2 is 2.06 bits per heavy atom. The largest absolute Gasteiger partial charge is 0.377 e. The molecule has 2 aliphatic rings. The van der Waals surface area contributed by atoms with Crippen LogP contribution in [0.4, 0.5) is 0 Å². The summed E-state index contributed by atoms with van der Waals surface area (Å²) >= 11 is 0. The normalized spacial score (nSPS) is 38.8. The Hall–Kier alpha value is -0.120. The van der Waals surface area contributed by atoms with E-state index in [2.05, 4.69) is 26.1 Å². The van der Waals surface area contributed by atoms with E-state index in [1.54, 1.807) is 0 Å². The van der Waals surface area contributed by atoms with Crippen LogP contribution in [0.2, 0.25) is 0 Å². The zero-order chi connectivity index (χ0) is 12.3. The van der Waals surface area contributed by atoms with E-state index in [1.165, 1.54) is 25.7 Å². The van der Waals surface area contributed by atoms with Crippen LogP contribution < -0.4 is 5.32 Å². The number of nitrogens with one attached hydrogen (secondary N) is 1. The second-order valence-corrected chi connectivity index (χ2v) is 5.98. The fraction of sp³-hybridized carbons (Fsp3) is 1.00. The highest BCUT2D eigenvalue weighted by Gasteiger charge is 2.44. The molecule has 0 aromatic carbocycles. The third kappa shape index (κ3) is 3.21. The summed E-state index contributed by atoms with van der Waals surface area (Å²) in [6.07, 6.45) is 5.26. The van der Waals surface area contributed by atoms with E-state index in [0.717, 1.165) is 25.7 Å². The number of rotatable bonds is 3. The van der Waals surface area contributed by atoms with Gasteiger partial charge < -0.3 is 14.8 Å². The van der Waals surface area contributed by atoms with Crippen molar-refractivity contribution in [2.75, 3.05) is 19.8 Å². The third-order valence-electron chi connectivity index (χ3n) is 4.23.